The number of carbonyl (C=O) groups is 1. The lowest BCUT2D eigenvalue weighted by molar-refractivity contribution is 0.254. The number of primary amides is 1. The van der Waals surface area contributed by atoms with Crippen LogP contribution in [0, 0.1) is 0 Å². The molecule has 0 saturated heterocycles. The molecule has 0 saturated carbocycles. The first-order valence-electron chi connectivity index (χ1n) is 4.87. The second-order valence-corrected chi connectivity index (χ2v) is 3.30. The van der Waals surface area contributed by atoms with Gasteiger partial charge in [0.15, 0.2) is 0 Å². The Morgan fingerprint density at radius 3 is 2.87 bits per heavy atom. The van der Waals surface area contributed by atoms with Crippen LogP contribution in [0.4, 0.5) is 10.5 Å². The Kier molecular flexibility index (Phi) is 2.33. The first kappa shape index (κ1) is 9.58. The molecular weight excluding hydrogens is 190 g/mol. The standard InChI is InChI=1S/C11H13N3O/c1-2-14(11(12)15)10-7-13-9-6-4-3-5-8(9)10/h3-7,13H,2H2,1H3,(H2,12,15). The molecule has 0 spiro atoms. The minimum Gasteiger partial charge on any atom is -0.359 e. The summed E-state index contributed by atoms with van der Waals surface area (Å²) < 4.78 is 0. The Labute approximate surface area is 87.7 Å². The molecule has 3 N–H and O–H groups in total. The van der Waals surface area contributed by atoms with E-state index in [-0.39, 0.29) is 0 Å². The van der Waals surface area contributed by atoms with E-state index in [0.29, 0.717) is 6.54 Å². The van der Waals surface area contributed by atoms with Crippen LogP contribution in [0.3, 0.4) is 0 Å². The summed E-state index contributed by atoms with van der Waals surface area (Å²) in [7, 11) is 0. The van der Waals surface area contributed by atoms with Crippen molar-refractivity contribution in [3.63, 3.8) is 0 Å². The highest BCUT2D eigenvalue weighted by molar-refractivity contribution is 6.02. The third-order valence-electron chi connectivity index (χ3n) is 2.44. The van der Waals surface area contributed by atoms with Gasteiger partial charge in [0.2, 0.25) is 0 Å². The number of nitrogens with one attached hydrogen (secondary N) is 1. The number of urea groups is 1. The summed E-state index contributed by atoms with van der Waals surface area (Å²) in [5.74, 6) is 0. The lowest BCUT2D eigenvalue weighted by Crippen LogP contribution is -2.35. The fourth-order valence-corrected chi connectivity index (χ4v) is 1.72. The summed E-state index contributed by atoms with van der Waals surface area (Å²) in [4.78, 5) is 15.9. The van der Waals surface area contributed by atoms with Gasteiger partial charge in [0.1, 0.15) is 0 Å². The van der Waals surface area contributed by atoms with E-state index >= 15 is 0 Å². The van der Waals surface area contributed by atoms with E-state index in [0.717, 1.165) is 16.6 Å². The van der Waals surface area contributed by atoms with Crippen molar-refractivity contribution in [1.82, 2.24) is 4.98 Å². The number of nitrogens with two attached hydrogens (primary N) is 1. The van der Waals surface area contributed by atoms with Gasteiger partial charge in [-0.2, -0.15) is 0 Å². The molecule has 0 bridgehead atoms. The quantitative estimate of drug-likeness (QED) is 0.771. The van der Waals surface area contributed by atoms with Gasteiger partial charge in [-0.3, -0.25) is 4.90 Å². The van der Waals surface area contributed by atoms with Gasteiger partial charge >= 0.3 is 6.03 Å². The predicted molar refractivity (Wildman–Crippen MR) is 60.9 cm³/mol. The number of aromatic amines is 1. The second-order valence-electron chi connectivity index (χ2n) is 3.30. The Bertz CT molecular complexity index is 489. The van der Waals surface area contributed by atoms with Crippen LogP contribution in [0.15, 0.2) is 30.5 Å². The third-order valence-corrected chi connectivity index (χ3v) is 2.44. The number of benzene rings is 1. The molecule has 0 aliphatic rings. The van der Waals surface area contributed by atoms with Crippen LogP contribution in [-0.4, -0.2) is 17.6 Å². The number of amides is 2. The number of anilines is 1. The second kappa shape index (κ2) is 3.65. The van der Waals surface area contributed by atoms with Gasteiger partial charge in [-0.1, -0.05) is 18.2 Å². The average Bonchev–Trinajstić information content (AvgIpc) is 2.63. The number of aromatic nitrogens is 1. The predicted octanol–water partition coefficient (Wildman–Crippen LogP) is 2.07. The molecule has 1 aromatic carbocycles. The number of hydrogen-bond donors (Lipinski definition) is 2. The van der Waals surface area contributed by atoms with Crippen molar-refractivity contribution in [2.24, 2.45) is 5.73 Å². The smallest absolute Gasteiger partial charge is 0.319 e. The molecule has 1 aromatic heterocycles. The molecule has 15 heavy (non-hydrogen) atoms. The summed E-state index contributed by atoms with van der Waals surface area (Å²) in [5, 5.41) is 1.01. The summed E-state index contributed by atoms with van der Waals surface area (Å²) in [6, 6.07) is 7.39. The van der Waals surface area contributed by atoms with Crippen molar-refractivity contribution in [3.8, 4) is 0 Å². The molecule has 0 unspecified atom stereocenters. The van der Waals surface area contributed by atoms with E-state index < -0.39 is 6.03 Å². The Morgan fingerprint density at radius 2 is 2.20 bits per heavy atom. The number of nitrogens with zero attached hydrogens (tertiary/aromatic N) is 1. The molecule has 2 amide bonds. The van der Waals surface area contributed by atoms with Gasteiger partial charge in [0.05, 0.1) is 5.69 Å². The Hall–Kier alpha value is -1.97. The number of fused-ring (bicyclic) bond motifs is 1. The van der Waals surface area contributed by atoms with Crippen molar-refractivity contribution in [2.75, 3.05) is 11.4 Å². The maximum Gasteiger partial charge on any atom is 0.319 e. The maximum absolute atomic E-state index is 11.2. The van der Waals surface area contributed by atoms with Crippen LogP contribution >= 0.6 is 0 Å². The molecule has 0 radical (unpaired) electrons. The molecule has 1 heterocycles. The van der Waals surface area contributed by atoms with Gasteiger partial charge in [-0.15, -0.1) is 0 Å². The first-order valence-corrected chi connectivity index (χ1v) is 4.87. The summed E-state index contributed by atoms with van der Waals surface area (Å²) in [6.45, 7) is 2.46. The molecule has 0 atom stereocenters. The number of rotatable bonds is 2. The third kappa shape index (κ3) is 1.54. The topological polar surface area (TPSA) is 62.1 Å². The number of H-pyrrole nitrogens is 1. The number of hydrogen-bond acceptors (Lipinski definition) is 1. The van der Waals surface area contributed by atoms with Crippen molar-refractivity contribution in [1.29, 1.82) is 0 Å². The van der Waals surface area contributed by atoms with Crippen molar-refractivity contribution >= 4 is 22.6 Å². The fraction of sp³-hybridized carbons (Fsp3) is 0.182. The monoisotopic (exact) mass is 203 g/mol. The lowest BCUT2D eigenvalue weighted by atomic mass is 10.2. The Morgan fingerprint density at radius 1 is 1.47 bits per heavy atom. The molecular formula is C11H13N3O. The average molecular weight is 203 g/mol. The van der Waals surface area contributed by atoms with Gasteiger partial charge in [-0.05, 0) is 13.0 Å². The highest BCUT2D eigenvalue weighted by Crippen LogP contribution is 2.25. The van der Waals surface area contributed by atoms with E-state index in [1.807, 2.05) is 31.2 Å². The molecule has 2 rings (SSSR count). The molecule has 4 nitrogen and oxygen atoms in total. The highest BCUT2D eigenvalue weighted by Gasteiger charge is 2.13. The van der Waals surface area contributed by atoms with Crippen molar-refractivity contribution in [3.05, 3.63) is 30.5 Å². The molecule has 0 fully saturated rings. The lowest BCUT2D eigenvalue weighted by Gasteiger charge is -2.16. The number of carbonyl (C=O) groups excluding carboxylic acids is 1. The summed E-state index contributed by atoms with van der Waals surface area (Å²) >= 11 is 0. The van der Waals surface area contributed by atoms with Crippen LogP contribution in [-0.2, 0) is 0 Å². The molecule has 78 valence electrons. The van der Waals surface area contributed by atoms with Gasteiger partial charge < -0.3 is 10.7 Å². The summed E-state index contributed by atoms with van der Waals surface area (Å²) in [6.07, 6.45) is 1.80. The zero-order valence-electron chi connectivity index (χ0n) is 8.53. The SMILES string of the molecule is CCN(C(N)=O)c1c[nH]c2ccccc12. The normalized spacial score (nSPS) is 10.5. The molecule has 0 aliphatic carbocycles. The van der Waals surface area contributed by atoms with Crippen molar-refractivity contribution < 1.29 is 4.79 Å². The molecule has 0 aliphatic heterocycles. The van der Waals surface area contributed by atoms with Crippen LogP contribution in [0.5, 0.6) is 0 Å². The molecule has 4 heteroatoms. The number of para-hydroxylation sites is 1. The van der Waals surface area contributed by atoms with E-state index in [4.69, 9.17) is 5.73 Å². The minimum atomic E-state index is -0.428. The Balaban J connectivity index is 2.55. The van der Waals surface area contributed by atoms with Crippen LogP contribution in [0.25, 0.3) is 10.9 Å². The van der Waals surface area contributed by atoms with Crippen LogP contribution < -0.4 is 10.6 Å². The fourth-order valence-electron chi connectivity index (χ4n) is 1.72. The minimum absolute atomic E-state index is 0.428. The summed E-state index contributed by atoms with van der Waals surface area (Å²) in [5.41, 5.74) is 7.14. The van der Waals surface area contributed by atoms with Crippen LogP contribution in [0.1, 0.15) is 6.92 Å². The zero-order chi connectivity index (χ0) is 10.8. The first-order chi connectivity index (χ1) is 7.24. The van der Waals surface area contributed by atoms with E-state index in [1.165, 1.54) is 0 Å². The highest BCUT2D eigenvalue weighted by atomic mass is 16.2. The van der Waals surface area contributed by atoms with E-state index in [2.05, 4.69) is 4.98 Å². The van der Waals surface area contributed by atoms with Gasteiger partial charge in [-0.25, -0.2) is 4.79 Å². The van der Waals surface area contributed by atoms with Crippen molar-refractivity contribution in [2.45, 2.75) is 6.92 Å². The zero-order valence-corrected chi connectivity index (χ0v) is 8.53. The van der Waals surface area contributed by atoms with Crippen LogP contribution in [0.2, 0.25) is 0 Å². The van der Waals surface area contributed by atoms with E-state index in [1.54, 1.807) is 11.1 Å². The maximum atomic E-state index is 11.2. The van der Waals surface area contributed by atoms with Gasteiger partial charge in [0.25, 0.3) is 0 Å². The van der Waals surface area contributed by atoms with E-state index in [9.17, 15) is 4.79 Å². The molecule has 2 aromatic rings. The largest absolute Gasteiger partial charge is 0.359 e. The van der Waals surface area contributed by atoms with Gasteiger partial charge in [0, 0.05) is 23.6 Å².